The van der Waals surface area contributed by atoms with Gasteiger partial charge in [0.05, 0.1) is 11.4 Å². The Kier molecular flexibility index (Phi) is 5.83. The van der Waals surface area contributed by atoms with Crippen LogP contribution in [-0.4, -0.2) is 34.8 Å². The van der Waals surface area contributed by atoms with E-state index in [1.165, 1.54) is 18.3 Å². The fourth-order valence-electron chi connectivity index (χ4n) is 2.95. The Balaban J connectivity index is 1.70. The van der Waals surface area contributed by atoms with Crippen LogP contribution >= 0.6 is 11.3 Å². The average Bonchev–Trinajstić information content (AvgIpc) is 3.09. The number of piperidine rings is 1. The molecule has 0 spiro atoms. The lowest BCUT2D eigenvalue weighted by Crippen LogP contribution is -2.36. The van der Waals surface area contributed by atoms with Gasteiger partial charge in [0.2, 0.25) is 11.8 Å². The van der Waals surface area contributed by atoms with Crippen molar-refractivity contribution in [3.8, 4) is 0 Å². The van der Waals surface area contributed by atoms with Gasteiger partial charge in [0.25, 0.3) is 0 Å². The Morgan fingerprint density at radius 2 is 1.92 bits per heavy atom. The van der Waals surface area contributed by atoms with Crippen LogP contribution in [0.3, 0.4) is 0 Å². The smallest absolute Gasteiger partial charge is 0.246 e. The number of rotatable bonds is 4. The maximum atomic E-state index is 12.3. The lowest BCUT2D eigenvalue weighted by molar-refractivity contribution is -0.127. The van der Waals surface area contributed by atoms with Crippen LogP contribution in [0.2, 0.25) is 0 Å². The number of hydrogen-bond acceptors (Lipinski definition) is 4. The Morgan fingerprint density at radius 1 is 1.23 bits per heavy atom. The van der Waals surface area contributed by atoms with Gasteiger partial charge in [-0.25, -0.2) is 4.98 Å². The molecule has 136 valence electrons. The van der Waals surface area contributed by atoms with Crippen LogP contribution in [-0.2, 0) is 9.59 Å². The number of thiazole rings is 1. The maximum Gasteiger partial charge on any atom is 0.246 e. The van der Waals surface area contributed by atoms with Crippen LogP contribution in [0.15, 0.2) is 41.8 Å². The van der Waals surface area contributed by atoms with Crippen LogP contribution in [0.5, 0.6) is 0 Å². The number of aromatic nitrogens is 1. The van der Waals surface area contributed by atoms with Crippen molar-refractivity contribution in [2.45, 2.75) is 26.7 Å². The molecule has 0 atom stereocenters. The first kappa shape index (κ1) is 18.3. The van der Waals surface area contributed by atoms with E-state index in [1.54, 1.807) is 17.1 Å². The number of carbonyl (C=O) groups excluding carboxylic acids is 2. The van der Waals surface area contributed by atoms with E-state index in [0.29, 0.717) is 16.7 Å². The van der Waals surface area contributed by atoms with Crippen LogP contribution in [0.1, 0.15) is 32.4 Å². The summed E-state index contributed by atoms with van der Waals surface area (Å²) in [6, 6.07) is 9.43. The molecule has 26 heavy (non-hydrogen) atoms. The van der Waals surface area contributed by atoms with Gasteiger partial charge >= 0.3 is 0 Å². The van der Waals surface area contributed by atoms with Gasteiger partial charge < -0.3 is 4.90 Å². The number of likely N-dealkylation sites (tertiary alicyclic amines) is 1. The first-order valence-electron chi connectivity index (χ1n) is 8.83. The zero-order chi connectivity index (χ0) is 18.5. The molecular formula is C20H23N3O2S. The summed E-state index contributed by atoms with van der Waals surface area (Å²) in [5, 5.41) is 2.46. The van der Waals surface area contributed by atoms with Crippen molar-refractivity contribution in [1.29, 1.82) is 0 Å². The molecule has 0 bridgehead atoms. The molecule has 6 heteroatoms. The zero-order valence-electron chi connectivity index (χ0n) is 15.1. The molecule has 3 rings (SSSR count). The molecule has 1 aromatic heterocycles. The van der Waals surface area contributed by atoms with Gasteiger partial charge in [-0.3, -0.25) is 14.5 Å². The molecule has 0 aliphatic carbocycles. The van der Waals surface area contributed by atoms with E-state index in [9.17, 15) is 9.59 Å². The molecule has 2 aromatic rings. The van der Waals surface area contributed by atoms with Crippen LogP contribution < -0.4 is 4.90 Å². The van der Waals surface area contributed by atoms with E-state index >= 15 is 0 Å². The largest absolute Gasteiger partial charge is 0.339 e. The predicted octanol–water partition coefficient (Wildman–Crippen LogP) is 4.10. The van der Waals surface area contributed by atoms with E-state index in [0.717, 1.165) is 31.6 Å². The van der Waals surface area contributed by atoms with E-state index in [4.69, 9.17) is 0 Å². The molecule has 0 radical (unpaired) electrons. The minimum Gasteiger partial charge on any atom is -0.339 e. The lowest BCUT2D eigenvalue weighted by atomic mass is 9.99. The number of carbonyl (C=O) groups is 2. The number of hydrogen-bond donors (Lipinski definition) is 0. The van der Waals surface area contributed by atoms with Gasteiger partial charge in [-0.2, -0.15) is 0 Å². The summed E-state index contributed by atoms with van der Waals surface area (Å²) in [6.45, 7) is 5.38. The molecule has 2 amide bonds. The predicted molar refractivity (Wildman–Crippen MR) is 105 cm³/mol. The van der Waals surface area contributed by atoms with Crippen molar-refractivity contribution in [3.05, 3.63) is 47.5 Å². The molecule has 1 aliphatic heterocycles. The molecule has 1 aliphatic rings. The van der Waals surface area contributed by atoms with Crippen molar-refractivity contribution in [2.75, 3.05) is 18.0 Å². The standard InChI is InChI=1S/C20H23N3O2S/c1-15-10-12-22(13-11-15)19(25)9-8-17-14-26-20(21-17)23(16(2)24)18-6-4-3-5-7-18/h3-9,14-15H,10-13H2,1-2H3/b9-8+. The highest BCUT2D eigenvalue weighted by atomic mass is 32.1. The first-order chi connectivity index (χ1) is 12.5. The molecule has 0 N–H and O–H groups in total. The second-order valence-corrected chi connectivity index (χ2v) is 7.42. The van der Waals surface area contributed by atoms with Crippen LogP contribution in [0.4, 0.5) is 10.8 Å². The Bertz CT molecular complexity index is 792. The fourth-order valence-corrected chi connectivity index (χ4v) is 3.81. The van der Waals surface area contributed by atoms with Crippen molar-refractivity contribution in [3.63, 3.8) is 0 Å². The second kappa shape index (κ2) is 8.27. The minimum absolute atomic E-state index is 0.0259. The van der Waals surface area contributed by atoms with E-state index < -0.39 is 0 Å². The first-order valence-corrected chi connectivity index (χ1v) is 9.71. The highest BCUT2D eigenvalue weighted by molar-refractivity contribution is 7.14. The summed E-state index contributed by atoms with van der Waals surface area (Å²) < 4.78 is 0. The highest BCUT2D eigenvalue weighted by Gasteiger charge is 2.19. The molecule has 0 saturated carbocycles. The zero-order valence-corrected chi connectivity index (χ0v) is 15.9. The van der Waals surface area contributed by atoms with Gasteiger partial charge in [0, 0.05) is 31.5 Å². The number of anilines is 2. The van der Waals surface area contributed by atoms with Gasteiger partial charge in [-0.1, -0.05) is 25.1 Å². The van der Waals surface area contributed by atoms with Crippen LogP contribution in [0.25, 0.3) is 6.08 Å². The topological polar surface area (TPSA) is 53.5 Å². The van der Waals surface area contributed by atoms with Crippen molar-refractivity contribution in [1.82, 2.24) is 9.88 Å². The van der Waals surface area contributed by atoms with Gasteiger partial charge in [-0.05, 0) is 37.0 Å². The summed E-state index contributed by atoms with van der Waals surface area (Å²) >= 11 is 1.39. The highest BCUT2D eigenvalue weighted by Crippen LogP contribution is 2.29. The number of amides is 2. The summed E-state index contributed by atoms with van der Waals surface area (Å²) in [5.74, 6) is 0.622. The molecule has 1 saturated heterocycles. The lowest BCUT2D eigenvalue weighted by Gasteiger charge is -2.29. The molecule has 0 unspecified atom stereocenters. The maximum absolute atomic E-state index is 12.3. The number of para-hydroxylation sites is 1. The molecule has 5 nitrogen and oxygen atoms in total. The molecule has 1 fully saturated rings. The van der Waals surface area contributed by atoms with E-state index in [1.807, 2.05) is 40.6 Å². The third-order valence-electron chi connectivity index (χ3n) is 4.52. The monoisotopic (exact) mass is 369 g/mol. The average molecular weight is 369 g/mol. The van der Waals surface area contributed by atoms with Crippen molar-refractivity contribution in [2.24, 2.45) is 5.92 Å². The van der Waals surface area contributed by atoms with E-state index in [-0.39, 0.29) is 11.8 Å². The van der Waals surface area contributed by atoms with Crippen molar-refractivity contribution >= 4 is 40.0 Å². The van der Waals surface area contributed by atoms with Gasteiger partial charge in [-0.15, -0.1) is 11.3 Å². The number of nitrogens with zero attached hydrogens (tertiary/aromatic N) is 3. The summed E-state index contributed by atoms with van der Waals surface area (Å²) in [4.78, 5) is 32.3. The molecule has 1 aromatic carbocycles. The summed E-state index contributed by atoms with van der Waals surface area (Å²) in [5.41, 5.74) is 1.47. The normalized spacial score (nSPS) is 15.4. The third-order valence-corrected chi connectivity index (χ3v) is 5.37. The van der Waals surface area contributed by atoms with Gasteiger partial charge in [0.15, 0.2) is 5.13 Å². The fraction of sp³-hybridized carbons (Fsp3) is 0.350. The van der Waals surface area contributed by atoms with Gasteiger partial charge in [0.1, 0.15) is 0 Å². The molecule has 2 heterocycles. The SMILES string of the molecule is CC(=O)N(c1ccccc1)c1nc(/C=C/C(=O)N2CCC(C)CC2)cs1. The van der Waals surface area contributed by atoms with Crippen LogP contribution in [0, 0.1) is 5.92 Å². The quantitative estimate of drug-likeness (QED) is 0.763. The van der Waals surface area contributed by atoms with E-state index in [2.05, 4.69) is 11.9 Å². The Hall–Kier alpha value is -2.47. The Labute approximate surface area is 158 Å². The molecular weight excluding hydrogens is 346 g/mol. The Morgan fingerprint density at radius 3 is 2.58 bits per heavy atom. The summed E-state index contributed by atoms with van der Waals surface area (Å²) in [6.07, 6.45) is 5.43. The summed E-state index contributed by atoms with van der Waals surface area (Å²) in [7, 11) is 0. The minimum atomic E-state index is -0.0976. The third kappa shape index (κ3) is 4.38. The number of benzene rings is 1. The second-order valence-electron chi connectivity index (χ2n) is 6.59. The van der Waals surface area contributed by atoms with Crippen molar-refractivity contribution < 1.29 is 9.59 Å².